The molecule has 1 saturated heterocycles. The van der Waals surface area contributed by atoms with E-state index in [0.717, 1.165) is 32.5 Å². The number of rotatable bonds is 11. The molecule has 6 nitrogen and oxygen atoms in total. The molecular formula is C20H33N3O3S2. The van der Waals surface area contributed by atoms with Gasteiger partial charge in [0.25, 0.3) is 0 Å². The molecule has 2 rings (SSSR count). The van der Waals surface area contributed by atoms with Gasteiger partial charge in [-0.3, -0.25) is 4.79 Å². The first-order valence-corrected chi connectivity index (χ1v) is 12.9. The van der Waals surface area contributed by atoms with Crippen molar-refractivity contribution >= 4 is 27.7 Å². The third-order valence-corrected chi connectivity index (χ3v) is 7.17. The van der Waals surface area contributed by atoms with Gasteiger partial charge >= 0.3 is 0 Å². The number of nitrogens with one attached hydrogen (secondary N) is 2. The molecule has 1 amide bonds. The summed E-state index contributed by atoms with van der Waals surface area (Å²) in [7, 11) is -3.72. The van der Waals surface area contributed by atoms with Crippen LogP contribution in [0.2, 0.25) is 0 Å². The minimum atomic E-state index is -3.72. The van der Waals surface area contributed by atoms with Crippen molar-refractivity contribution in [1.29, 1.82) is 0 Å². The highest BCUT2D eigenvalue weighted by molar-refractivity contribution is 7.98. The number of unbranched alkanes of at least 4 members (excludes halogenated alkanes) is 1. The summed E-state index contributed by atoms with van der Waals surface area (Å²) in [6.45, 7) is 5.27. The van der Waals surface area contributed by atoms with Gasteiger partial charge in [0.1, 0.15) is 6.04 Å². The smallest absolute Gasteiger partial charge is 0.241 e. The van der Waals surface area contributed by atoms with Gasteiger partial charge in [0.05, 0.1) is 4.90 Å². The van der Waals surface area contributed by atoms with E-state index in [0.29, 0.717) is 12.2 Å². The number of sulfonamides is 1. The molecule has 0 saturated carbocycles. The number of thioether (sulfide) groups is 1. The van der Waals surface area contributed by atoms with Gasteiger partial charge in [0.2, 0.25) is 15.9 Å². The van der Waals surface area contributed by atoms with Crippen molar-refractivity contribution in [2.75, 3.05) is 31.6 Å². The summed E-state index contributed by atoms with van der Waals surface area (Å²) < 4.78 is 27.9. The Labute approximate surface area is 173 Å². The molecule has 1 fully saturated rings. The number of carbonyl (C=O) groups is 1. The van der Waals surface area contributed by atoms with Gasteiger partial charge in [-0.05, 0) is 56.4 Å². The fraction of sp³-hybridized carbons (Fsp3) is 0.650. The van der Waals surface area contributed by atoms with Gasteiger partial charge in [0.15, 0.2) is 0 Å². The zero-order valence-corrected chi connectivity index (χ0v) is 18.5. The van der Waals surface area contributed by atoms with Crippen LogP contribution >= 0.6 is 11.8 Å². The summed E-state index contributed by atoms with van der Waals surface area (Å²) in [6, 6.07) is 7.56. The van der Waals surface area contributed by atoms with E-state index in [-0.39, 0.29) is 16.8 Å². The Morgan fingerprint density at radius 2 is 1.93 bits per heavy atom. The van der Waals surface area contributed by atoms with E-state index in [9.17, 15) is 13.2 Å². The summed E-state index contributed by atoms with van der Waals surface area (Å²) >= 11 is 1.60. The summed E-state index contributed by atoms with van der Waals surface area (Å²) in [5.74, 6) is 0.491. The van der Waals surface area contributed by atoms with Crippen LogP contribution in [0.4, 0.5) is 0 Å². The number of nitrogens with zero attached hydrogens (tertiary/aromatic N) is 1. The highest BCUT2D eigenvalue weighted by atomic mass is 32.2. The zero-order chi connectivity index (χ0) is 20.4. The highest BCUT2D eigenvalue weighted by Crippen LogP contribution is 2.14. The second-order valence-corrected chi connectivity index (χ2v) is 9.95. The number of benzene rings is 1. The molecule has 1 aromatic rings. The van der Waals surface area contributed by atoms with Gasteiger partial charge in [-0.15, -0.1) is 0 Å². The standard InChI is InChI=1S/C20H33N3O3S2/c1-3-4-13-23-14-10-17(11-15-23)21-20(24)19(12-16-27-2)22-28(25,26)18-8-6-5-7-9-18/h5-9,17,19,22H,3-4,10-16H2,1-2H3,(H,21,24). The van der Waals surface area contributed by atoms with E-state index in [1.165, 1.54) is 25.0 Å². The molecule has 158 valence electrons. The van der Waals surface area contributed by atoms with Gasteiger partial charge in [0, 0.05) is 19.1 Å². The Kier molecular flexibility index (Phi) is 9.77. The molecule has 1 heterocycles. The molecule has 0 radical (unpaired) electrons. The predicted molar refractivity (Wildman–Crippen MR) is 116 cm³/mol. The van der Waals surface area contributed by atoms with E-state index in [1.807, 2.05) is 6.26 Å². The van der Waals surface area contributed by atoms with Crippen molar-refractivity contribution in [1.82, 2.24) is 14.9 Å². The van der Waals surface area contributed by atoms with Crippen LogP contribution < -0.4 is 10.0 Å². The third kappa shape index (κ3) is 7.39. The first-order valence-electron chi connectivity index (χ1n) is 10.0. The van der Waals surface area contributed by atoms with Crippen molar-refractivity contribution in [3.05, 3.63) is 30.3 Å². The molecule has 0 spiro atoms. The van der Waals surface area contributed by atoms with Gasteiger partial charge in [-0.2, -0.15) is 16.5 Å². The maximum absolute atomic E-state index is 12.8. The summed E-state index contributed by atoms with van der Waals surface area (Å²) in [6.07, 6.45) is 6.64. The van der Waals surface area contributed by atoms with Crippen LogP contribution in [-0.2, 0) is 14.8 Å². The number of likely N-dealkylation sites (tertiary alicyclic amines) is 1. The van der Waals surface area contributed by atoms with E-state index < -0.39 is 16.1 Å². The van der Waals surface area contributed by atoms with Crippen molar-refractivity contribution in [3.63, 3.8) is 0 Å². The molecule has 0 aromatic heterocycles. The second kappa shape index (κ2) is 11.8. The molecule has 8 heteroatoms. The van der Waals surface area contributed by atoms with Crippen LogP contribution in [-0.4, -0.2) is 63.0 Å². The molecule has 1 aliphatic rings. The van der Waals surface area contributed by atoms with Crippen molar-refractivity contribution in [2.45, 2.75) is 56.0 Å². The van der Waals surface area contributed by atoms with Crippen LogP contribution in [0.15, 0.2) is 35.2 Å². The molecule has 2 N–H and O–H groups in total. The minimum Gasteiger partial charge on any atom is -0.352 e. The largest absolute Gasteiger partial charge is 0.352 e. The third-order valence-electron chi connectivity index (χ3n) is 5.04. The second-order valence-electron chi connectivity index (χ2n) is 7.25. The van der Waals surface area contributed by atoms with Crippen molar-refractivity contribution < 1.29 is 13.2 Å². The van der Waals surface area contributed by atoms with Crippen LogP contribution in [0, 0.1) is 0 Å². The topological polar surface area (TPSA) is 78.5 Å². The van der Waals surface area contributed by atoms with E-state index >= 15 is 0 Å². The lowest BCUT2D eigenvalue weighted by Gasteiger charge is -2.33. The molecule has 1 aromatic carbocycles. The quantitative estimate of drug-likeness (QED) is 0.567. The van der Waals surface area contributed by atoms with Crippen LogP contribution in [0.25, 0.3) is 0 Å². The van der Waals surface area contributed by atoms with Crippen molar-refractivity contribution in [2.24, 2.45) is 0 Å². The van der Waals surface area contributed by atoms with Crippen LogP contribution in [0.1, 0.15) is 39.0 Å². The first-order chi connectivity index (χ1) is 13.5. The lowest BCUT2D eigenvalue weighted by Crippen LogP contribution is -2.52. The van der Waals surface area contributed by atoms with Gasteiger partial charge < -0.3 is 10.2 Å². The van der Waals surface area contributed by atoms with E-state index in [4.69, 9.17) is 0 Å². The highest BCUT2D eigenvalue weighted by Gasteiger charge is 2.28. The number of piperidine rings is 1. The Morgan fingerprint density at radius 1 is 1.25 bits per heavy atom. The average Bonchev–Trinajstić information content (AvgIpc) is 2.71. The molecular weight excluding hydrogens is 394 g/mol. The van der Waals surface area contributed by atoms with Gasteiger partial charge in [-0.25, -0.2) is 8.42 Å². The predicted octanol–water partition coefficient (Wildman–Crippen LogP) is 2.47. The molecule has 1 unspecified atom stereocenters. The maximum atomic E-state index is 12.8. The Bertz CT molecular complexity index is 690. The fourth-order valence-electron chi connectivity index (χ4n) is 3.32. The summed E-state index contributed by atoms with van der Waals surface area (Å²) in [5, 5.41) is 3.08. The molecule has 28 heavy (non-hydrogen) atoms. The molecule has 0 bridgehead atoms. The van der Waals surface area contributed by atoms with Crippen molar-refractivity contribution in [3.8, 4) is 0 Å². The molecule has 0 aliphatic carbocycles. The molecule has 1 aliphatic heterocycles. The number of hydrogen-bond donors (Lipinski definition) is 2. The van der Waals surface area contributed by atoms with Crippen LogP contribution in [0.3, 0.4) is 0 Å². The SMILES string of the molecule is CCCCN1CCC(NC(=O)C(CCSC)NS(=O)(=O)c2ccccc2)CC1. The average molecular weight is 428 g/mol. The lowest BCUT2D eigenvalue weighted by molar-refractivity contribution is -0.123. The zero-order valence-electron chi connectivity index (χ0n) is 16.9. The number of carbonyl (C=O) groups excluding carboxylic acids is 1. The van der Waals surface area contributed by atoms with Gasteiger partial charge in [-0.1, -0.05) is 31.5 Å². The Morgan fingerprint density at radius 3 is 2.54 bits per heavy atom. The van der Waals surface area contributed by atoms with E-state index in [1.54, 1.807) is 30.0 Å². The lowest BCUT2D eigenvalue weighted by atomic mass is 10.0. The minimum absolute atomic E-state index is 0.114. The normalized spacial score (nSPS) is 17.4. The number of amides is 1. The number of hydrogen-bond acceptors (Lipinski definition) is 5. The molecule has 1 atom stereocenters. The summed E-state index contributed by atoms with van der Waals surface area (Å²) in [4.78, 5) is 15.4. The Hall–Kier alpha value is -1.09. The fourth-order valence-corrected chi connectivity index (χ4v) is 5.04. The Balaban J connectivity index is 1.94. The first kappa shape index (κ1) is 23.2. The van der Waals surface area contributed by atoms with Crippen LogP contribution in [0.5, 0.6) is 0 Å². The summed E-state index contributed by atoms with van der Waals surface area (Å²) in [5.41, 5.74) is 0. The van der Waals surface area contributed by atoms with E-state index in [2.05, 4.69) is 21.9 Å². The monoisotopic (exact) mass is 427 g/mol. The maximum Gasteiger partial charge on any atom is 0.241 e.